The van der Waals surface area contributed by atoms with Crippen LogP contribution in [0.3, 0.4) is 0 Å². The van der Waals surface area contributed by atoms with Gasteiger partial charge in [0.25, 0.3) is 0 Å². The minimum atomic E-state index is -1.03. The maximum absolute atomic E-state index is 12.1. The highest BCUT2D eigenvalue weighted by Gasteiger charge is 2.24. The van der Waals surface area contributed by atoms with E-state index in [4.69, 9.17) is 4.74 Å². The molecule has 1 aliphatic heterocycles. The highest BCUT2D eigenvalue weighted by Crippen LogP contribution is 2.30. The molecule has 1 heterocycles. The Hall–Kier alpha value is -2.04. The summed E-state index contributed by atoms with van der Waals surface area (Å²) in [6.45, 7) is 0.629. The van der Waals surface area contributed by atoms with E-state index in [1.54, 1.807) is 12.1 Å². The molecule has 1 atom stereocenters. The molecule has 5 heteroatoms. The Morgan fingerprint density at radius 2 is 2.08 bits per heavy atom. The lowest BCUT2D eigenvalue weighted by molar-refractivity contribution is -0.142. The number of benzene rings is 1. The van der Waals surface area contributed by atoms with Gasteiger partial charge < -0.3 is 15.2 Å². The Bertz CT molecular complexity index is 607. The molecule has 3 rings (SSSR count). The van der Waals surface area contributed by atoms with Crippen molar-refractivity contribution in [3.05, 3.63) is 29.3 Å². The van der Waals surface area contributed by atoms with Gasteiger partial charge in [0.1, 0.15) is 5.75 Å². The number of fused-ring (bicyclic) bond motifs is 1. The zero-order valence-electron chi connectivity index (χ0n) is 13.9. The second kappa shape index (κ2) is 7.69. The number of hydrogen-bond donors (Lipinski definition) is 2. The fourth-order valence-electron chi connectivity index (χ4n) is 3.76. The molecular weight excluding hydrogens is 306 g/mol. The first-order valence-electron chi connectivity index (χ1n) is 8.91. The molecule has 1 amide bonds. The number of carboxylic acids is 1. The number of carbonyl (C=O) groups is 2. The summed E-state index contributed by atoms with van der Waals surface area (Å²) in [7, 11) is 0. The van der Waals surface area contributed by atoms with Gasteiger partial charge in [0.05, 0.1) is 6.61 Å². The lowest BCUT2D eigenvalue weighted by Crippen LogP contribution is -2.33. The normalized spacial score (nSPS) is 18.0. The number of carboxylic acid groups (broad SMARTS) is 1. The summed E-state index contributed by atoms with van der Waals surface area (Å²) in [5, 5.41) is 12.1. The van der Waals surface area contributed by atoms with Crippen LogP contribution in [0.2, 0.25) is 0 Å². The first kappa shape index (κ1) is 16.8. The van der Waals surface area contributed by atoms with Crippen LogP contribution in [-0.2, 0) is 16.0 Å². The topological polar surface area (TPSA) is 75.6 Å². The number of ether oxygens (including phenoxy) is 1. The van der Waals surface area contributed by atoms with E-state index in [2.05, 4.69) is 5.32 Å². The smallest absolute Gasteiger partial charge is 0.330 e. The molecule has 1 aliphatic carbocycles. The molecule has 130 valence electrons. The SMILES string of the molecule is O=C(CCCC1CCCC1)NC(C(=O)O)c1ccc2c(c1)CCO2. The summed E-state index contributed by atoms with van der Waals surface area (Å²) in [5.41, 5.74) is 1.62. The third-order valence-corrected chi connectivity index (χ3v) is 5.09. The Labute approximate surface area is 142 Å². The number of carbonyl (C=O) groups excluding carboxylic acids is 1. The molecule has 24 heavy (non-hydrogen) atoms. The third kappa shape index (κ3) is 4.08. The number of rotatable bonds is 7. The Morgan fingerprint density at radius 1 is 1.29 bits per heavy atom. The fraction of sp³-hybridized carbons (Fsp3) is 0.579. The van der Waals surface area contributed by atoms with Gasteiger partial charge in [-0.3, -0.25) is 4.79 Å². The van der Waals surface area contributed by atoms with E-state index in [1.165, 1.54) is 25.7 Å². The second-order valence-electron chi connectivity index (χ2n) is 6.85. The zero-order valence-corrected chi connectivity index (χ0v) is 13.9. The maximum atomic E-state index is 12.1. The van der Waals surface area contributed by atoms with E-state index in [9.17, 15) is 14.7 Å². The monoisotopic (exact) mass is 331 g/mol. The molecule has 0 bridgehead atoms. The molecule has 1 fully saturated rings. The van der Waals surface area contributed by atoms with Gasteiger partial charge in [-0.15, -0.1) is 0 Å². The average Bonchev–Trinajstić information content (AvgIpc) is 3.22. The molecule has 0 saturated heterocycles. The van der Waals surface area contributed by atoms with Crippen molar-refractivity contribution < 1.29 is 19.4 Å². The van der Waals surface area contributed by atoms with Crippen LogP contribution >= 0.6 is 0 Å². The van der Waals surface area contributed by atoms with E-state index in [0.717, 1.165) is 36.5 Å². The van der Waals surface area contributed by atoms with Crippen LogP contribution in [0.5, 0.6) is 5.75 Å². The molecule has 1 aromatic rings. The van der Waals surface area contributed by atoms with Gasteiger partial charge in [-0.05, 0) is 42.0 Å². The van der Waals surface area contributed by atoms with Crippen LogP contribution in [0.4, 0.5) is 0 Å². The van der Waals surface area contributed by atoms with Crippen molar-refractivity contribution in [1.29, 1.82) is 0 Å². The summed E-state index contributed by atoms with van der Waals surface area (Å²) < 4.78 is 5.44. The molecule has 0 aromatic heterocycles. The maximum Gasteiger partial charge on any atom is 0.330 e. The van der Waals surface area contributed by atoms with Gasteiger partial charge >= 0.3 is 5.97 Å². The first-order valence-corrected chi connectivity index (χ1v) is 8.91. The van der Waals surface area contributed by atoms with Crippen LogP contribution in [0.1, 0.15) is 62.1 Å². The second-order valence-corrected chi connectivity index (χ2v) is 6.85. The average molecular weight is 331 g/mol. The van der Waals surface area contributed by atoms with Crippen LogP contribution in [0.25, 0.3) is 0 Å². The minimum Gasteiger partial charge on any atom is -0.493 e. The van der Waals surface area contributed by atoms with Crippen molar-refractivity contribution in [2.45, 2.75) is 57.4 Å². The van der Waals surface area contributed by atoms with E-state index >= 15 is 0 Å². The van der Waals surface area contributed by atoms with E-state index in [1.807, 2.05) is 6.07 Å². The predicted octanol–water partition coefficient (Wildman–Crippen LogP) is 3.22. The van der Waals surface area contributed by atoms with Gasteiger partial charge in [-0.25, -0.2) is 4.79 Å². The van der Waals surface area contributed by atoms with Crippen LogP contribution in [0.15, 0.2) is 18.2 Å². The fourth-order valence-corrected chi connectivity index (χ4v) is 3.76. The Balaban J connectivity index is 1.55. The molecule has 0 spiro atoms. The predicted molar refractivity (Wildman–Crippen MR) is 90.0 cm³/mol. The van der Waals surface area contributed by atoms with Crippen molar-refractivity contribution in [1.82, 2.24) is 5.32 Å². The van der Waals surface area contributed by atoms with Gasteiger partial charge in [-0.2, -0.15) is 0 Å². The van der Waals surface area contributed by atoms with Gasteiger partial charge in [-0.1, -0.05) is 31.7 Å². The summed E-state index contributed by atoms with van der Waals surface area (Å²) in [5.74, 6) is 0.353. The van der Waals surface area contributed by atoms with E-state index < -0.39 is 12.0 Å². The van der Waals surface area contributed by atoms with Gasteiger partial charge in [0.15, 0.2) is 6.04 Å². The van der Waals surface area contributed by atoms with Crippen molar-refractivity contribution in [2.75, 3.05) is 6.61 Å². The number of nitrogens with one attached hydrogen (secondary N) is 1. The molecule has 5 nitrogen and oxygen atoms in total. The summed E-state index contributed by atoms with van der Waals surface area (Å²) in [4.78, 5) is 23.7. The summed E-state index contributed by atoms with van der Waals surface area (Å²) in [6.07, 6.45) is 8.24. The van der Waals surface area contributed by atoms with Crippen LogP contribution in [-0.4, -0.2) is 23.6 Å². The molecule has 2 N–H and O–H groups in total. The van der Waals surface area contributed by atoms with Gasteiger partial charge in [0, 0.05) is 12.8 Å². The quantitative estimate of drug-likeness (QED) is 0.804. The standard InChI is InChI=1S/C19H25NO4/c21-17(7-3-6-13-4-1-2-5-13)20-18(19(22)23)15-8-9-16-14(12-15)10-11-24-16/h8-9,12-13,18H,1-7,10-11H2,(H,20,21)(H,22,23). The van der Waals surface area contributed by atoms with E-state index in [0.29, 0.717) is 18.6 Å². The van der Waals surface area contributed by atoms with Crippen molar-refractivity contribution in [3.8, 4) is 5.75 Å². The van der Waals surface area contributed by atoms with Crippen molar-refractivity contribution in [3.63, 3.8) is 0 Å². The van der Waals surface area contributed by atoms with Crippen molar-refractivity contribution >= 4 is 11.9 Å². The molecular formula is C19H25NO4. The molecule has 1 unspecified atom stereocenters. The zero-order chi connectivity index (χ0) is 16.9. The highest BCUT2D eigenvalue weighted by atomic mass is 16.5. The van der Waals surface area contributed by atoms with Crippen LogP contribution in [0, 0.1) is 5.92 Å². The number of amides is 1. The van der Waals surface area contributed by atoms with Crippen molar-refractivity contribution in [2.24, 2.45) is 5.92 Å². The van der Waals surface area contributed by atoms with Gasteiger partial charge in [0.2, 0.25) is 5.91 Å². The van der Waals surface area contributed by atoms with E-state index in [-0.39, 0.29) is 5.91 Å². The van der Waals surface area contributed by atoms with Crippen LogP contribution < -0.4 is 10.1 Å². The Morgan fingerprint density at radius 3 is 2.83 bits per heavy atom. The molecule has 1 saturated carbocycles. The lowest BCUT2D eigenvalue weighted by Gasteiger charge is -2.16. The lowest BCUT2D eigenvalue weighted by atomic mass is 10.00. The number of hydrogen-bond acceptors (Lipinski definition) is 3. The first-order chi connectivity index (χ1) is 11.6. The third-order valence-electron chi connectivity index (χ3n) is 5.09. The largest absolute Gasteiger partial charge is 0.493 e. The number of aliphatic carboxylic acids is 1. The highest BCUT2D eigenvalue weighted by molar-refractivity contribution is 5.84. The summed E-state index contributed by atoms with van der Waals surface area (Å²) in [6, 6.07) is 4.36. The molecule has 1 aromatic carbocycles. The Kier molecular flexibility index (Phi) is 5.38. The molecule has 2 aliphatic rings. The minimum absolute atomic E-state index is 0.183. The molecule has 0 radical (unpaired) electrons. The summed E-state index contributed by atoms with van der Waals surface area (Å²) >= 11 is 0.